The van der Waals surface area contributed by atoms with Crippen molar-refractivity contribution < 1.29 is 44.1 Å². The van der Waals surface area contributed by atoms with Crippen LogP contribution < -0.4 is 37.6 Å². The third kappa shape index (κ3) is 14.5. The number of hydrogen-bond acceptors (Lipinski definition) is 12. The summed E-state index contributed by atoms with van der Waals surface area (Å²) in [6.45, 7) is 2.38. The number of aromatic amines is 1. The fourth-order valence-electron chi connectivity index (χ4n) is 6.38. The highest BCUT2D eigenvalue weighted by Gasteiger charge is 2.35. The molecule has 1 aromatic heterocycles. The van der Waals surface area contributed by atoms with Gasteiger partial charge in [0.25, 0.3) is 0 Å². The van der Waals surface area contributed by atoms with Crippen LogP contribution in [0.1, 0.15) is 50.7 Å². The molecule has 17 nitrogen and oxygen atoms in total. The van der Waals surface area contributed by atoms with Crippen molar-refractivity contribution in [1.29, 1.82) is 0 Å². The van der Waals surface area contributed by atoms with Gasteiger partial charge in [-0.15, -0.1) is 0 Å². The highest BCUT2D eigenvalue weighted by atomic mass is 33.1. The first-order chi connectivity index (χ1) is 28.3. The molecule has 6 amide bonds. The number of amides is 6. The van der Waals surface area contributed by atoms with Gasteiger partial charge in [0.1, 0.15) is 30.2 Å². The second-order valence-corrected chi connectivity index (χ2v) is 17.1. The zero-order chi connectivity index (χ0) is 42.9. The molecule has 0 radical (unpaired) electrons. The van der Waals surface area contributed by atoms with Crippen molar-refractivity contribution >= 4 is 67.9 Å². The van der Waals surface area contributed by atoms with Crippen LogP contribution in [0.25, 0.3) is 10.9 Å². The first kappa shape index (κ1) is 47.0. The van der Waals surface area contributed by atoms with Gasteiger partial charge in [-0.25, -0.2) is 0 Å². The molecule has 1 fully saturated rings. The summed E-state index contributed by atoms with van der Waals surface area (Å²) < 4.78 is 0. The highest BCUT2D eigenvalue weighted by Crippen LogP contribution is 2.24. The number of benzene rings is 2. The second-order valence-electron chi connectivity index (χ2n) is 14.5. The first-order valence-electron chi connectivity index (χ1n) is 19.6. The number of carbonyl (C=O) groups is 6. The average molecular weight is 857 g/mol. The average Bonchev–Trinajstić information content (AvgIpc) is 3.62. The van der Waals surface area contributed by atoms with E-state index in [2.05, 4.69) is 36.9 Å². The number of rotatable bonds is 13. The van der Waals surface area contributed by atoms with Crippen LogP contribution in [0.4, 0.5) is 0 Å². The van der Waals surface area contributed by atoms with Crippen LogP contribution in [-0.2, 0) is 41.6 Å². The van der Waals surface area contributed by atoms with Gasteiger partial charge in [0.2, 0.25) is 35.4 Å². The molecular formula is C40H56N8O9S2. The summed E-state index contributed by atoms with van der Waals surface area (Å²) in [6, 6.07) is 9.06. The van der Waals surface area contributed by atoms with Crippen LogP contribution in [0.3, 0.4) is 0 Å². The van der Waals surface area contributed by atoms with E-state index in [-0.39, 0.29) is 37.2 Å². The minimum absolute atomic E-state index is 0.00689. The number of aromatic nitrogens is 1. The molecule has 0 aliphatic carbocycles. The van der Waals surface area contributed by atoms with Crippen LogP contribution in [0, 0.1) is 0 Å². The van der Waals surface area contributed by atoms with E-state index in [1.54, 1.807) is 6.20 Å². The molecule has 4 rings (SSSR count). The van der Waals surface area contributed by atoms with Crippen LogP contribution >= 0.6 is 21.6 Å². The van der Waals surface area contributed by atoms with E-state index < -0.39 is 90.5 Å². The Labute approximate surface area is 350 Å². The van der Waals surface area contributed by atoms with Crippen molar-refractivity contribution in [2.45, 2.75) is 101 Å². The van der Waals surface area contributed by atoms with Gasteiger partial charge in [0, 0.05) is 47.9 Å². The smallest absolute Gasteiger partial charge is 0.245 e. The number of carbonyl (C=O) groups excluding carboxylic acids is 6. The summed E-state index contributed by atoms with van der Waals surface area (Å²) in [5.74, 6) is -4.04. The Morgan fingerprint density at radius 2 is 1.47 bits per heavy atom. The number of H-pyrrole nitrogens is 1. The lowest BCUT2D eigenvalue weighted by Gasteiger charge is -2.29. The van der Waals surface area contributed by atoms with E-state index in [1.807, 2.05) is 54.6 Å². The number of aliphatic hydroxyl groups is 3. The molecule has 0 spiro atoms. The largest absolute Gasteiger partial charge is 0.394 e. The third-order valence-electron chi connectivity index (χ3n) is 9.78. The van der Waals surface area contributed by atoms with E-state index in [9.17, 15) is 44.1 Å². The summed E-state index contributed by atoms with van der Waals surface area (Å²) in [5.41, 5.74) is 8.02. The van der Waals surface area contributed by atoms with Crippen molar-refractivity contribution in [2.24, 2.45) is 5.73 Å². The number of hydrogen-bond donors (Lipinski definition) is 11. The van der Waals surface area contributed by atoms with Gasteiger partial charge in [-0.3, -0.25) is 28.8 Å². The summed E-state index contributed by atoms with van der Waals surface area (Å²) in [4.78, 5) is 86.1. The lowest BCUT2D eigenvalue weighted by Crippen LogP contribution is -2.62. The number of para-hydroxylation sites is 1. The number of unbranched alkanes of at least 4 members (excludes halogenated alkanes) is 1. The Balaban J connectivity index is 1.71. The number of fused-ring (bicyclic) bond motifs is 1. The Kier molecular flexibility index (Phi) is 19.0. The molecule has 322 valence electrons. The first-order valence-corrected chi connectivity index (χ1v) is 22.1. The lowest BCUT2D eigenvalue weighted by atomic mass is 10.0. The molecule has 1 aliphatic rings. The topological polar surface area (TPSA) is 277 Å². The molecular weight excluding hydrogens is 801 g/mol. The minimum atomic E-state index is -1.58. The minimum Gasteiger partial charge on any atom is -0.394 e. The molecule has 1 aliphatic heterocycles. The van der Waals surface area contributed by atoms with Crippen molar-refractivity contribution in [3.8, 4) is 0 Å². The lowest BCUT2D eigenvalue weighted by molar-refractivity contribution is -0.136. The number of nitrogens with one attached hydrogen (secondary N) is 7. The molecule has 19 heteroatoms. The fraction of sp³-hybridized carbons (Fsp3) is 0.500. The summed E-state index contributed by atoms with van der Waals surface area (Å²) in [5, 5.41) is 47.3. The molecule has 12 N–H and O–H groups in total. The van der Waals surface area contributed by atoms with Crippen molar-refractivity contribution in [1.82, 2.24) is 36.9 Å². The van der Waals surface area contributed by atoms with Gasteiger partial charge in [-0.05, 0) is 56.8 Å². The van der Waals surface area contributed by atoms with E-state index in [1.165, 1.54) is 24.6 Å². The van der Waals surface area contributed by atoms with Crippen LogP contribution in [0.5, 0.6) is 0 Å². The highest BCUT2D eigenvalue weighted by molar-refractivity contribution is 8.76. The van der Waals surface area contributed by atoms with E-state index >= 15 is 0 Å². The van der Waals surface area contributed by atoms with Crippen molar-refractivity contribution in [3.05, 3.63) is 71.9 Å². The second kappa shape index (κ2) is 23.8. The maximum atomic E-state index is 14.3. The molecule has 0 unspecified atom stereocenters. The van der Waals surface area contributed by atoms with Gasteiger partial charge < -0.3 is 57.9 Å². The summed E-state index contributed by atoms with van der Waals surface area (Å²) in [6.07, 6.45) is 0.244. The van der Waals surface area contributed by atoms with E-state index in [0.29, 0.717) is 24.9 Å². The molecule has 2 aromatic carbocycles. The van der Waals surface area contributed by atoms with Gasteiger partial charge in [-0.2, -0.15) is 0 Å². The summed E-state index contributed by atoms with van der Waals surface area (Å²) in [7, 11) is 2.39. The van der Waals surface area contributed by atoms with Gasteiger partial charge in [0.05, 0.1) is 24.9 Å². The molecule has 0 saturated carbocycles. The maximum Gasteiger partial charge on any atom is 0.245 e. The third-order valence-corrected chi connectivity index (χ3v) is 12.2. The van der Waals surface area contributed by atoms with Crippen LogP contribution in [-0.4, -0.2) is 129 Å². The molecule has 59 heavy (non-hydrogen) atoms. The molecule has 3 aromatic rings. The quantitative estimate of drug-likeness (QED) is 0.0770. The van der Waals surface area contributed by atoms with Crippen molar-refractivity contribution in [3.63, 3.8) is 0 Å². The van der Waals surface area contributed by atoms with Gasteiger partial charge in [0.15, 0.2) is 0 Å². The summed E-state index contributed by atoms with van der Waals surface area (Å²) >= 11 is 0. The maximum absolute atomic E-state index is 14.3. The van der Waals surface area contributed by atoms with Crippen LogP contribution in [0.2, 0.25) is 0 Å². The molecule has 2 heterocycles. The number of aliphatic hydroxyl groups excluding tert-OH is 3. The fourth-order valence-corrected chi connectivity index (χ4v) is 8.53. The Bertz CT molecular complexity index is 1860. The standard InChI is InChI=1S/C40H56N8O9S2/c1-23(50)32(21-49)46-39(56)33-22-59-58-17-15-34(52)43-30(18-25-10-4-3-5-11-25)37(54)45-31(19-26-20-42-28-13-7-6-12-27(26)28)38(55)44-29(14-8-9-16-41)36(53)48-35(24(2)51)40(57)47-33/h3-7,10-13,20,23-24,29-33,35,42,49-51H,8-9,14-19,21-22,41H2,1-2H3,(H,43,52)(H,44,55)(H,45,54)(H,46,56)(H,47,57)(H,48,53)/t23-,24-,29+,30+,31-,32-,33+,35+/m1/s1. The SMILES string of the molecule is C[C@@H](O)[C@@H]1NC(=O)[C@H](CCCCN)NC(=O)[C@@H](Cc2c[nH]c3ccccc23)NC(=O)[C@H](Cc2ccccc2)NC(=O)CCSSC[C@@H](C(=O)N[C@H](CO)[C@@H](C)O)NC1=O. The Morgan fingerprint density at radius 3 is 2.15 bits per heavy atom. The normalized spacial score (nSPS) is 23.4. The van der Waals surface area contributed by atoms with Crippen LogP contribution in [0.15, 0.2) is 60.8 Å². The van der Waals surface area contributed by atoms with Gasteiger partial charge in [-0.1, -0.05) is 70.1 Å². The monoisotopic (exact) mass is 856 g/mol. The predicted octanol–water partition coefficient (Wildman–Crippen LogP) is -0.470. The molecule has 1 saturated heterocycles. The zero-order valence-corrected chi connectivity index (χ0v) is 34.8. The predicted molar refractivity (Wildman–Crippen MR) is 227 cm³/mol. The Morgan fingerprint density at radius 1 is 0.814 bits per heavy atom. The van der Waals surface area contributed by atoms with Gasteiger partial charge >= 0.3 is 0 Å². The molecule has 0 bridgehead atoms. The zero-order valence-electron chi connectivity index (χ0n) is 33.1. The molecule has 8 atom stereocenters. The number of nitrogens with two attached hydrogens (primary N) is 1. The van der Waals surface area contributed by atoms with E-state index in [0.717, 1.165) is 27.3 Å². The van der Waals surface area contributed by atoms with E-state index in [4.69, 9.17) is 5.73 Å². The Hall–Kier alpha value is -4.66. The van der Waals surface area contributed by atoms with Crippen molar-refractivity contribution in [2.75, 3.05) is 24.7 Å².